The number of nitrogens with zero attached hydrogens (tertiary/aromatic N) is 1. The van der Waals surface area contributed by atoms with E-state index in [1.165, 1.54) is 0 Å². The Balaban J connectivity index is 2.46. The molecule has 0 aliphatic heterocycles. The number of anilines is 2. The second-order valence-corrected chi connectivity index (χ2v) is 4.93. The Morgan fingerprint density at radius 2 is 2.27 bits per heavy atom. The van der Waals surface area contributed by atoms with E-state index in [2.05, 4.69) is 23.5 Å². The average Bonchev–Trinajstić information content (AvgIpc) is 2.23. The number of nitrogen functional groups attached to an aromatic ring is 1. The molecule has 15 heavy (non-hydrogen) atoms. The van der Waals surface area contributed by atoms with Crippen LogP contribution in [0.5, 0.6) is 0 Å². The summed E-state index contributed by atoms with van der Waals surface area (Å²) in [7, 11) is 0. The van der Waals surface area contributed by atoms with Crippen molar-refractivity contribution in [2.45, 2.75) is 25.5 Å². The molecular weight excluding hydrogens is 206 g/mol. The summed E-state index contributed by atoms with van der Waals surface area (Å²) >= 11 is 1.88. The van der Waals surface area contributed by atoms with Gasteiger partial charge in [0, 0.05) is 17.5 Å². The van der Waals surface area contributed by atoms with E-state index in [1.54, 1.807) is 0 Å². The first-order valence-corrected chi connectivity index (χ1v) is 6.42. The number of nitrogens with two attached hydrogens (primary N) is 1. The molecule has 1 rings (SSSR count). The van der Waals surface area contributed by atoms with Crippen molar-refractivity contribution in [3.05, 3.63) is 17.8 Å². The maximum Gasteiger partial charge on any atom is 0.149 e. The second-order valence-electron chi connectivity index (χ2n) is 3.65. The van der Waals surface area contributed by atoms with Crippen LogP contribution in [0.15, 0.2) is 12.1 Å². The van der Waals surface area contributed by atoms with Gasteiger partial charge in [-0.05, 0) is 31.7 Å². The normalized spacial score (nSPS) is 12.5. The van der Waals surface area contributed by atoms with Crippen molar-refractivity contribution in [2.75, 3.05) is 23.9 Å². The van der Waals surface area contributed by atoms with Crippen molar-refractivity contribution in [1.82, 2.24) is 4.98 Å². The Morgan fingerprint density at radius 3 is 2.93 bits per heavy atom. The number of nitrogens with one attached hydrogen (secondary N) is 1. The molecule has 0 aromatic carbocycles. The Morgan fingerprint density at radius 1 is 1.53 bits per heavy atom. The van der Waals surface area contributed by atoms with Gasteiger partial charge in [-0.2, -0.15) is 11.8 Å². The quantitative estimate of drug-likeness (QED) is 0.808. The molecule has 0 amide bonds. The van der Waals surface area contributed by atoms with E-state index in [4.69, 9.17) is 5.73 Å². The van der Waals surface area contributed by atoms with Gasteiger partial charge >= 0.3 is 0 Å². The van der Waals surface area contributed by atoms with E-state index in [1.807, 2.05) is 30.8 Å². The molecule has 0 saturated heterocycles. The van der Waals surface area contributed by atoms with Crippen LogP contribution in [0.25, 0.3) is 0 Å². The number of hydrogen-bond acceptors (Lipinski definition) is 4. The summed E-state index contributed by atoms with van der Waals surface area (Å²) in [6.45, 7) is 5.11. The number of aromatic nitrogens is 1. The molecule has 3 nitrogen and oxygen atoms in total. The molecular formula is C11H19N3S. The fourth-order valence-electron chi connectivity index (χ4n) is 1.22. The second kappa shape index (κ2) is 5.85. The van der Waals surface area contributed by atoms with Crippen molar-refractivity contribution in [3.63, 3.8) is 0 Å². The number of pyridine rings is 1. The molecule has 0 bridgehead atoms. The summed E-state index contributed by atoms with van der Waals surface area (Å²) < 4.78 is 0. The third-order valence-corrected chi connectivity index (χ3v) is 3.35. The molecule has 1 heterocycles. The molecule has 0 fully saturated rings. The number of hydrogen-bond donors (Lipinski definition) is 2. The zero-order chi connectivity index (χ0) is 11.3. The molecule has 0 saturated carbocycles. The van der Waals surface area contributed by atoms with Crippen molar-refractivity contribution in [2.24, 2.45) is 0 Å². The van der Waals surface area contributed by atoms with Gasteiger partial charge in [0.15, 0.2) is 0 Å². The van der Waals surface area contributed by atoms with Gasteiger partial charge in [0.1, 0.15) is 5.82 Å². The van der Waals surface area contributed by atoms with Crippen LogP contribution in [0.4, 0.5) is 11.5 Å². The van der Waals surface area contributed by atoms with E-state index < -0.39 is 0 Å². The minimum absolute atomic E-state index is 0.670. The first kappa shape index (κ1) is 12.2. The van der Waals surface area contributed by atoms with Crippen LogP contribution < -0.4 is 11.1 Å². The summed E-state index contributed by atoms with van der Waals surface area (Å²) in [6.07, 6.45) is 3.25. The Labute approximate surface area is 95.9 Å². The molecule has 0 aliphatic carbocycles. The molecule has 0 radical (unpaired) electrons. The fraction of sp³-hybridized carbons (Fsp3) is 0.545. The summed E-state index contributed by atoms with van der Waals surface area (Å²) in [6, 6.07) is 3.81. The number of aryl methyl sites for hydroxylation is 1. The van der Waals surface area contributed by atoms with E-state index >= 15 is 0 Å². The molecule has 84 valence electrons. The molecule has 1 aromatic rings. The smallest absolute Gasteiger partial charge is 0.149 e. The van der Waals surface area contributed by atoms with Gasteiger partial charge < -0.3 is 11.1 Å². The predicted molar refractivity (Wildman–Crippen MR) is 69.5 cm³/mol. The van der Waals surface area contributed by atoms with Gasteiger partial charge in [-0.3, -0.25) is 0 Å². The SMILES string of the molecule is CSC(C)CCNc1nc(C)ccc1N. The molecule has 0 aliphatic rings. The Kier molecular flexibility index (Phi) is 4.75. The van der Waals surface area contributed by atoms with Crippen LogP contribution in [0, 0.1) is 6.92 Å². The first-order chi connectivity index (χ1) is 7.13. The fourth-order valence-corrected chi connectivity index (χ4v) is 1.57. The van der Waals surface area contributed by atoms with Gasteiger partial charge in [-0.15, -0.1) is 0 Å². The van der Waals surface area contributed by atoms with Gasteiger partial charge in [0.05, 0.1) is 5.69 Å². The Hall–Kier alpha value is -0.900. The minimum Gasteiger partial charge on any atom is -0.396 e. The molecule has 1 unspecified atom stereocenters. The van der Waals surface area contributed by atoms with Crippen molar-refractivity contribution < 1.29 is 0 Å². The molecule has 1 aromatic heterocycles. The van der Waals surface area contributed by atoms with Crippen LogP contribution >= 0.6 is 11.8 Å². The Bertz CT molecular complexity index is 315. The van der Waals surface area contributed by atoms with Crippen molar-refractivity contribution >= 4 is 23.3 Å². The summed E-state index contributed by atoms with van der Waals surface area (Å²) in [5.41, 5.74) is 7.52. The monoisotopic (exact) mass is 225 g/mol. The van der Waals surface area contributed by atoms with Gasteiger partial charge in [0.25, 0.3) is 0 Å². The average molecular weight is 225 g/mol. The van der Waals surface area contributed by atoms with E-state index in [0.29, 0.717) is 5.25 Å². The summed E-state index contributed by atoms with van der Waals surface area (Å²) in [5, 5.41) is 3.94. The zero-order valence-corrected chi connectivity index (χ0v) is 10.4. The predicted octanol–water partition coefficient (Wildman–Crippen LogP) is 2.53. The lowest BCUT2D eigenvalue weighted by Gasteiger charge is -2.11. The molecule has 4 heteroatoms. The summed E-state index contributed by atoms with van der Waals surface area (Å²) in [4.78, 5) is 4.35. The van der Waals surface area contributed by atoms with Crippen LogP contribution in [0.3, 0.4) is 0 Å². The third-order valence-electron chi connectivity index (χ3n) is 2.31. The van der Waals surface area contributed by atoms with Gasteiger partial charge in [-0.25, -0.2) is 4.98 Å². The standard InChI is InChI=1S/C11H19N3S/c1-8-4-5-10(12)11(14-8)13-7-6-9(2)15-3/h4-5,9H,6-7,12H2,1-3H3,(H,13,14). The van der Waals surface area contributed by atoms with E-state index in [9.17, 15) is 0 Å². The molecule has 1 atom stereocenters. The largest absolute Gasteiger partial charge is 0.396 e. The van der Waals surface area contributed by atoms with E-state index in [-0.39, 0.29) is 0 Å². The summed E-state index contributed by atoms with van der Waals surface area (Å²) in [5.74, 6) is 0.809. The number of rotatable bonds is 5. The maximum atomic E-state index is 5.81. The highest BCUT2D eigenvalue weighted by atomic mass is 32.2. The lowest BCUT2D eigenvalue weighted by Crippen LogP contribution is -2.10. The van der Waals surface area contributed by atoms with Gasteiger partial charge in [-0.1, -0.05) is 6.92 Å². The van der Waals surface area contributed by atoms with Crippen LogP contribution in [-0.4, -0.2) is 23.0 Å². The molecule has 3 N–H and O–H groups in total. The lowest BCUT2D eigenvalue weighted by molar-refractivity contribution is 0.850. The van der Waals surface area contributed by atoms with Crippen molar-refractivity contribution in [1.29, 1.82) is 0 Å². The highest BCUT2D eigenvalue weighted by Gasteiger charge is 2.02. The van der Waals surface area contributed by atoms with Gasteiger partial charge in [0.2, 0.25) is 0 Å². The molecule has 0 spiro atoms. The van der Waals surface area contributed by atoms with Crippen LogP contribution in [0.1, 0.15) is 19.0 Å². The van der Waals surface area contributed by atoms with Crippen molar-refractivity contribution in [3.8, 4) is 0 Å². The zero-order valence-electron chi connectivity index (χ0n) is 9.58. The van der Waals surface area contributed by atoms with Crippen LogP contribution in [0.2, 0.25) is 0 Å². The highest BCUT2D eigenvalue weighted by Crippen LogP contribution is 2.16. The third kappa shape index (κ3) is 4.00. The first-order valence-electron chi connectivity index (χ1n) is 5.13. The number of thioether (sulfide) groups is 1. The van der Waals surface area contributed by atoms with E-state index in [0.717, 1.165) is 30.2 Å². The van der Waals surface area contributed by atoms with Crippen LogP contribution in [-0.2, 0) is 0 Å². The highest BCUT2D eigenvalue weighted by molar-refractivity contribution is 7.99. The maximum absolute atomic E-state index is 5.81. The lowest BCUT2D eigenvalue weighted by atomic mass is 10.3. The minimum atomic E-state index is 0.670. The topological polar surface area (TPSA) is 50.9 Å².